The van der Waals surface area contributed by atoms with Gasteiger partial charge in [-0.15, -0.1) is 0 Å². The minimum Gasteiger partial charge on any atom is -0.324 e. The normalized spacial score (nSPS) is 13.1. The van der Waals surface area contributed by atoms with Crippen LogP contribution in [0, 0.1) is 11.3 Å². The van der Waals surface area contributed by atoms with Gasteiger partial charge in [-0.2, -0.15) is 5.26 Å². The molecule has 7 rings (SSSR count). The molecule has 0 saturated heterocycles. The highest BCUT2D eigenvalue weighted by atomic mass is 15.2. The monoisotopic (exact) mass is 538 g/mol. The van der Waals surface area contributed by atoms with Crippen molar-refractivity contribution in [2.24, 2.45) is 9.98 Å². The number of aliphatic imine (C=N–C) groups is 2. The Morgan fingerprint density at radius 2 is 1.14 bits per heavy atom. The Kier molecular flexibility index (Phi) is 6.60. The lowest BCUT2D eigenvalue weighted by molar-refractivity contribution is 0.756. The van der Waals surface area contributed by atoms with E-state index in [0.29, 0.717) is 5.56 Å². The molecule has 0 saturated carbocycles. The van der Waals surface area contributed by atoms with E-state index in [0.717, 1.165) is 61.4 Å². The van der Waals surface area contributed by atoms with Crippen LogP contribution < -0.4 is 5.32 Å². The van der Waals surface area contributed by atoms with Crippen LogP contribution in [0.25, 0.3) is 33.0 Å². The van der Waals surface area contributed by atoms with Gasteiger partial charge in [0, 0.05) is 11.1 Å². The lowest BCUT2D eigenvalue weighted by atomic mass is 9.92. The number of benzene rings is 6. The fourth-order valence-electron chi connectivity index (χ4n) is 5.40. The molecule has 198 valence electrons. The molecule has 42 heavy (non-hydrogen) atoms. The van der Waals surface area contributed by atoms with E-state index in [9.17, 15) is 5.26 Å². The summed E-state index contributed by atoms with van der Waals surface area (Å²) in [6.07, 6.45) is -0.369. The molecule has 6 aromatic rings. The number of hydrogen-bond acceptors (Lipinski definition) is 4. The quantitative estimate of drug-likeness (QED) is 0.239. The van der Waals surface area contributed by atoms with Gasteiger partial charge in [0.2, 0.25) is 0 Å². The van der Waals surface area contributed by atoms with Crippen molar-refractivity contribution in [1.82, 2.24) is 5.32 Å². The molecule has 0 fully saturated rings. The lowest BCUT2D eigenvalue weighted by Crippen LogP contribution is -2.35. The minimum atomic E-state index is -0.369. The van der Waals surface area contributed by atoms with Gasteiger partial charge in [-0.05, 0) is 62.9 Å². The van der Waals surface area contributed by atoms with E-state index in [1.165, 1.54) is 0 Å². The first kappa shape index (κ1) is 25.2. The number of nitriles is 1. The van der Waals surface area contributed by atoms with Crippen LogP contribution in [0.2, 0.25) is 0 Å². The van der Waals surface area contributed by atoms with Gasteiger partial charge in [0.1, 0.15) is 11.7 Å². The number of amidine groups is 2. The summed E-state index contributed by atoms with van der Waals surface area (Å²) in [5.74, 6) is 1.61. The molecule has 0 aromatic heterocycles. The van der Waals surface area contributed by atoms with Gasteiger partial charge in [0.25, 0.3) is 0 Å². The van der Waals surface area contributed by atoms with E-state index in [1.54, 1.807) is 0 Å². The highest BCUT2D eigenvalue weighted by Gasteiger charge is 2.20. The smallest absolute Gasteiger partial charge is 0.169 e. The molecule has 0 bridgehead atoms. The Labute approximate surface area is 245 Å². The molecule has 4 nitrogen and oxygen atoms in total. The zero-order valence-electron chi connectivity index (χ0n) is 22.8. The van der Waals surface area contributed by atoms with E-state index in [4.69, 9.17) is 9.98 Å². The Balaban J connectivity index is 1.28. The van der Waals surface area contributed by atoms with Crippen LogP contribution in [0.15, 0.2) is 156 Å². The number of nitrogens with zero attached hydrogens (tertiary/aromatic N) is 3. The molecule has 0 atom stereocenters. The predicted molar refractivity (Wildman–Crippen MR) is 171 cm³/mol. The fraction of sp³-hybridized carbons (Fsp3) is 0.0263. The zero-order valence-corrected chi connectivity index (χ0v) is 22.8. The summed E-state index contributed by atoms with van der Waals surface area (Å²) in [6.45, 7) is 0. The maximum absolute atomic E-state index is 9.48. The molecule has 1 heterocycles. The van der Waals surface area contributed by atoms with E-state index in [2.05, 4.69) is 102 Å². The number of rotatable bonds is 5. The molecular formula is C38H26N4. The summed E-state index contributed by atoms with van der Waals surface area (Å²) in [6, 6.07) is 51.8. The topological polar surface area (TPSA) is 60.5 Å². The number of nitrogens with one attached hydrogen (secondary N) is 1. The molecule has 6 aromatic carbocycles. The Morgan fingerprint density at radius 1 is 0.524 bits per heavy atom. The van der Waals surface area contributed by atoms with Crippen LogP contribution in [-0.4, -0.2) is 11.7 Å². The highest BCUT2D eigenvalue weighted by Crippen LogP contribution is 2.35. The molecule has 0 amide bonds. The molecule has 0 spiro atoms. The average Bonchev–Trinajstić information content (AvgIpc) is 3.08. The summed E-state index contributed by atoms with van der Waals surface area (Å²) in [5, 5.41) is 15.2. The second-order valence-electron chi connectivity index (χ2n) is 10.2. The summed E-state index contributed by atoms with van der Waals surface area (Å²) in [4.78, 5) is 10.0. The maximum Gasteiger partial charge on any atom is 0.169 e. The summed E-state index contributed by atoms with van der Waals surface area (Å²) >= 11 is 0. The van der Waals surface area contributed by atoms with E-state index < -0.39 is 0 Å². The van der Waals surface area contributed by atoms with Crippen LogP contribution in [0.4, 0.5) is 0 Å². The molecular weight excluding hydrogens is 512 g/mol. The van der Waals surface area contributed by atoms with Crippen molar-refractivity contribution in [1.29, 1.82) is 5.26 Å². The van der Waals surface area contributed by atoms with Crippen LogP contribution >= 0.6 is 0 Å². The Morgan fingerprint density at radius 3 is 1.81 bits per heavy atom. The van der Waals surface area contributed by atoms with Crippen LogP contribution in [-0.2, 0) is 0 Å². The molecule has 4 heteroatoms. The van der Waals surface area contributed by atoms with E-state index in [1.807, 2.05) is 54.6 Å². The highest BCUT2D eigenvalue weighted by molar-refractivity contribution is 6.15. The third-order valence-electron chi connectivity index (χ3n) is 7.54. The molecule has 0 unspecified atom stereocenters. The van der Waals surface area contributed by atoms with Crippen LogP contribution in [0.1, 0.15) is 28.4 Å². The largest absolute Gasteiger partial charge is 0.324 e. The van der Waals surface area contributed by atoms with E-state index in [-0.39, 0.29) is 6.17 Å². The van der Waals surface area contributed by atoms with E-state index >= 15 is 0 Å². The van der Waals surface area contributed by atoms with Crippen molar-refractivity contribution in [3.8, 4) is 28.3 Å². The first-order valence-corrected chi connectivity index (χ1v) is 13.9. The van der Waals surface area contributed by atoms with Gasteiger partial charge < -0.3 is 5.32 Å². The standard InChI is InChI=1S/C38H26N4/c39-25-26-10-9-16-31(22-26)35-24-33(23-32-15-7-8-17-34(32)35)27-18-20-30(21-19-27)38-41-36(28-11-3-1-4-12-28)40-37(42-38)29-13-5-2-6-14-29/h1-24,38H,(H,40,41,42). The number of hydrogen-bond donors (Lipinski definition) is 1. The predicted octanol–water partition coefficient (Wildman–Crippen LogP) is 8.54. The van der Waals surface area contributed by atoms with Gasteiger partial charge in [-0.1, -0.05) is 121 Å². The third-order valence-corrected chi connectivity index (χ3v) is 7.54. The molecule has 0 radical (unpaired) electrons. The van der Waals surface area contributed by atoms with Gasteiger partial charge in [-0.25, -0.2) is 9.98 Å². The van der Waals surface area contributed by atoms with Gasteiger partial charge in [-0.3, -0.25) is 0 Å². The second-order valence-corrected chi connectivity index (χ2v) is 10.2. The van der Waals surface area contributed by atoms with Crippen molar-refractivity contribution in [3.63, 3.8) is 0 Å². The Hall–Kier alpha value is -5.79. The summed E-state index contributed by atoms with van der Waals surface area (Å²) in [7, 11) is 0. The molecule has 1 N–H and O–H groups in total. The van der Waals surface area contributed by atoms with Crippen LogP contribution in [0.5, 0.6) is 0 Å². The average molecular weight is 539 g/mol. The maximum atomic E-state index is 9.48. The molecule has 1 aliphatic rings. The molecule has 0 aliphatic carbocycles. The van der Waals surface area contributed by atoms with Gasteiger partial charge in [0.15, 0.2) is 6.17 Å². The lowest BCUT2D eigenvalue weighted by Gasteiger charge is -2.22. The van der Waals surface area contributed by atoms with Gasteiger partial charge >= 0.3 is 0 Å². The first-order valence-electron chi connectivity index (χ1n) is 13.9. The van der Waals surface area contributed by atoms with Crippen molar-refractivity contribution < 1.29 is 0 Å². The Bertz CT molecular complexity index is 1950. The third kappa shape index (κ3) is 4.96. The minimum absolute atomic E-state index is 0.369. The fourth-order valence-corrected chi connectivity index (χ4v) is 5.40. The first-order chi connectivity index (χ1) is 20.7. The molecule has 1 aliphatic heterocycles. The summed E-state index contributed by atoms with van der Waals surface area (Å²) in [5.41, 5.74) is 8.07. The van der Waals surface area contributed by atoms with Crippen LogP contribution in [0.3, 0.4) is 0 Å². The van der Waals surface area contributed by atoms with Crippen molar-refractivity contribution in [3.05, 3.63) is 168 Å². The van der Waals surface area contributed by atoms with Crippen molar-refractivity contribution >= 4 is 22.4 Å². The summed E-state index contributed by atoms with van der Waals surface area (Å²) < 4.78 is 0. The zero-order chi connectivity index (χ0) is 28.3. The van der Waals surface area contributed by atoms with Crippen molar-refractivity contribution in [2.75, 3.05) is 0 Å². The second kappa shape index (κ2) is 11.0. The SMILES string of the molecule is N#Cc1cccc(-c2cc(-c3ccc(C4N=C(c5ccccc5)NC(c5ccccc5)=N4)cc3)cc3ccccc23)c1. The number of fused-ring (bicyclic) bond motifs is 1. The van der Waals surface area contributed by atoms with Gasteiger partial charge in [0.05, 0.1) is 11.6 Å². The van der Waals surface area contributed by atoms with Crippen molar-refractivity contribution in [2.45, 2.75) is 6.17 Å².